The molecule has 0 aromatic carbocycles. The molecule has 0 aliphatic heterocycles. The summed E-state index contributed by atoms with van der Waals surface area (Å²) in [7, 11) is 0. The summed E-state index contributed by atoms with van der Waals surface area (Å²) in [4.78, 5) is 16.9. The zero-order valence-corrected chi connectivity index (χ0v) is 19.2. The van der Waals surface area contributed by atoms with E-state index < -0.39 is 0 Å². The lowest BCUT2D eigenvalue weighted by Crippen LogP contribution is -2.49. The highest BCUT2D eigenvalue weighted by atomic mass is 16.3. The van der Waals surface area contributed by atoms with Gasteiger partial charge in [0.1, 0.15) is 0 Å². The molecule has 0 radical (unpaired) electrons. The van der Waals surface area contributed by atoms with Gasteiger partial charge in [0, 0.05) is 31.5 Å². The Hall–Kier alpha value is -1.72. The molecule has 0 spiro atoms. The van der Waals surface area contributed by atoms with Crippen LogP contribution in [-0.4, -0.2) is 40.4 Å². The van der Waals surface area contributed by atoms with Crippen molar-refractivity contribution in [1.29, 1.82) is 0 Å². The van der Waals surface area contributed by atoms with Gasteiger partial charge in [-0.2, -0.15) is 0 Å². The Balaban J connectivity index is 1.62. The molecular formula is C26H38N2O3. The maximum atomic E-state index is 12.8. The van der Waals surface area contributed by atoms with Crippen LogP contribution < -0.4 is 5.32 Å². The third-order valence-corrected chi connectivity index (χ3v) is 8.84. The molecule has 3 aliphatic rings. The van der Waals surface area contributed by atoms with Gasteiger partial charge in [0.25, 0.3) is 5.91 Å². The van der Waals surface area contributed by atoms with Crippen molar-refractivity contribution >= 4 is 5.91 Å². The van der Waals surface area contributed by atoms with Crippen LogP contribution in [0.4, 0.5) is 0 Å². The van der Waals surface area contributed by atoms with E-state index in [1.807, 2.05) is 0 Å². The molecule has 0 bridgehead atoms. The first kappa shape index (κ1) is 22.5. The topological polar surface area (TPSA) is 82.5 Å². The third kappa shape index (κ3) is 4.19. The average Bonchev–Trinajstić information content (AvgIpc) is 3.09. The first-order valence-electron chi connectivity index (χ1n) is 12.0. The van der Waals surface area contributed by atoms with Crippen LogP contribution in [0.15, 0.2) is 35.7 Å². The van der Waals surface area contributed by atoms with Crippen LogP contribution in [0.3, 0.4) is 0 Å². The summed E-state index contributed by atoms with van der Waals surface area (Å²) in [6.07, 6.45) is 9.90. The molecule has 0 saturated heterocycles. The van der Waals surface area contributed by atoms with Crippen LogP contribution in [0.1, 0.15) is 76.1 Å². The number of nitrogens with zero attached hydrogens (tertiary/aromatic N) is 1. The van der Waals surface area contributed by atoms with Crippen molar-refractivity contribution in [3.63, 3.8) is 0 Å². The molecule has 31 heavy (non-hydrogen) atoms. The van der Waals surface area contributed by atoms with Crippen molar-refractivity contribution in [3.05, 3.63) is 41.2 Å². The highest BCUT2D eigenvalue weighted by molar-refractivity contribution is 5.93. The van der Waals surface area contributed by atoms with E-state index in [-0.39, 0.29) is 35.4 Å². The summed E-state index contributed by atoms with van der Waals surface area (Å²) in [6, 6.07) is 3.59. The van der Waals surface area contributed by atoms with Gasteiger partial charge in [-0.15, -0.1) is 0 Å². The van der Waals surface area contributed by atoms with Crippen LogP contribution in [0.2, 0.25) is 0 Å². The number of aromatic nitrogens is 1. The number of hydrogen-bond donors (Lipinski definition) is 3. The van der Waals surface area contributed by atoms with Gasteiger partial charge in [-0.05, 0) is 79.7 Å². The van der Waals surface area contributed by atoms with Gasteiger partial charge in [-0.25, -0.2) is 0 Å². The van der Waals surface area contributed by atoms with Gasteiger partial charge in [-0.3, -0.25) is 9.78 Å². The molecule has 4 rings (SSSR count). The van der Waals surface area contributed by atoms with E-state index in [1.165, 1.54) is 6.42 Å². The number of amides is 1. The van der Waals surface area contributed by atoms with Crippen molar-refractivity contribution in [2.75, 3.05) is 13.2 Å². The minimum atomic E-state index is -0.308. The maximum Gasteiger partial charge on any atom is 0.252 e. The molecule has 1 fully saturated rings. The van der Waals surface area contributed by atoms with E-state index in [4.69, 9.17) is 0 Å². The Morgan fingerprint density at radius 3 is 2.74 bits per heavy atom. The van der Waals surface area contributed by atoms with Crippen molar-refractivity contribution < 1.29 is 15.0 Å². The molecule has 1 aromatic rings. The second-order valence-corrected chi connectivity index (χ2v) is 10.9. The van der Waals surface area contributed by atoms with E-state index in [1.54, 1.807) is 35.7 Å². The van der Waals surface area contributed by atoms with Crippen molar-refractivity contribution in [2.24, 2.45) is 28.6 Å². The molecule has 1 aromatic heterocycles. The van der Waals surface area contributed by atoms with Gasteiger partial charge < -0.3 is 15.5 Å². The second-order valence-electron chi connectivity index (χ2n) is 10.9. The summed E-state index contributed by atoms with van der Waals surface area (Å²) in [5.41, 5.74) is 3.96. The SMILES string of the molecule is CC1(C)CCC2=C1CCC(C1(C)CCC(O)CC1CO)C2CNC(=O)c1cccnc1. The predicted octanol–water partition coefficient (Wildman–Crippen LogP) is 4.11. The van der Waals surface area contributed by atoms with Gasteiger partial charge in [-0.1, -0.05) is 31.9 Å². The number of hydrogen-bond acceptors (Lipinski definition) is 4. The summed E-state index contributed by atoms with van der Waals surface area (Å²) >= 11 is 0. The third-order valence-electron chi connectivity index (χ3n) is 8.84. The van der Waals surface area contributed by atoms with Crippen molar-refractivity contribution in [2.45, 2.75) is 71.8 Å². The van der Waals surface area contributed by atoms with Gasteiger partial charge in [0.15, 0.2) is 0 Å². The number of carbonyl (C=O) groups excluding carboxylic acids is 1. The Bertz CT molecular complexity index is 834. The molecular weight excluding hydrogens is 388 g/mol. The molecule has 3 N–H and O–H groups in total. The lowest BCUT2D eigenvalue weighted by atomic mass is 9.53. The second kappa shape index (κ2) is 8.67. The summed E-state index contributed by atoms with van der Waals surface area (Å²) < 4.78 is 0. The predicted molar refractivity (Wildman–Crippen MR) is 121 cm³/mol. The van der Waals surface area contributed by atoms with E-state index in [9.17, 15) is 15.0 Å². The molecule has 5 nitrogen and oxygen atoms in total. The highest BCUT2D eigenvalue weighted by Crippen LogP contribution is 2.59. The lowest BCUT2D eigenvalue weighted by Gasteiger charge is -2.52. The summed E-state index contributed by atoms with van der Waals surface area (Å²) in [6.45, 7) is 7.79. The maximum absolute atomic E-state index is 12.8. The fraction of sp³-hybridized carbons (Fsp3) is 0.692. The molecule has 5 unspecified atom stereocenters. The molecule has 1 saturated carbocycles. The van der Waals surface area contributed by atoms with Crippen LogP contribution in [0.25, 0.3) is 0 Å². The zero-order valence-electron chi connectivity index (χ0n) is 19.2. The number of pyridine rings is 1. The van der Waals surface area contributed by atoms with E-state index in [0.29, 0.717) is 30.4 Å². The zero-order chi connectivity index (χ0) is 22.2. The molecule has 5 heteroatoms. The fourth-order valence-electron chi connectivity index (χ4n) is 6.86. The van der Waals surface area contributed by atoms with Crippen LogP contribution in [-0.2, 0) is 0 Å². The van der Waals surface area contributed by atoms with E-state index >= 15 is 0 Å². The minimum Gasteiger partial charge on any atom is -0.396 e. The first-order chi connectivity index (χ1) is 14.8. The number of nitrogens with one attached hydrogen (secondary N) is 1. The number of carbonyl (C=O) groups is 1. The van der Waals surface area contributed by atoms with Crippen LogP contribution in [0.5, 0.6) is 0 Å². The Kier molecular flexibility index (Phi) is 6.28. The van der Waals surface area contributed by atoms with E-state index in [2.05, 4.69) is 31.1 Å². The molecule has 5 atom stereocenters. The quantitative estimate of drug-likeness (QED) is 0.619. The number of allylic oxidation sites excluding steroid dienone is 1. The molecule has 1 amide bonds. The monoisotopic (exact) mass is 426 g/mol. The molecule has 170 valence electrons. The normalized spacial score (nSPS) is 35.0. The van der Waals surface area contributed by atoms with Crippen molar-refractivity contribution in [3.8, 4) is 0 Å². The molecule has 1 heterocycles. The van der Waals surface area contributed by atoms with Crippen molar-refractivity contribution in [1.82, 2.24) is 10.3 Å². The smallest absolute Gasteiger partial charge is 0.252 e. The minimum absolute atomic E-state index is 0.0249. The van der Waals surface area contributed by atoms with E-state index in [0.717, 1.165) is 32.1 Å². The summed E-state index contributed by atoms with van der Waals surface area (Å²) in [5.74, 6) is 0.730. The Morgan fingerprint density at radius 1 is 1.23 bits per heavy atom. The summed E-state index contributed by atoms with van der Waals surface area (Å²) in [5, 5.41) is 23.7. The highest BCUT2D eigenvalue weighted by Gasteiger charge is 2.51. The first-order valence-corrected chi connectivity index (χ1v) is 12.0. The standard InChI is InChI=1S/C26H38N2O3/c1-25(2)10-9-20-21(15-28-24(31)17-5-4-12-27-14-17)23(7-6-22(20)25)26(3)11-8-19(30)13-18(26)16-29/h4-5,12,14,18-19,21,23,29-30H,6-11,13,15-16H2,1-3H3,(H,28,31). The lowest BCUT2D eigenvalue weighted by molar-refractivity contribution is -0.0581. The van der Waals surface area contributed by atoms with Gasteiger partial charge in [0.2, 0.25) is 0 Å². The molecule has 3 aliphatic carbocycles. The Morgan fingerprint density at radius 2 is 2.03 bits per heavy atom. The number of aliphatic hydroxyl groups is 2. The van der Waals surface area contributed by atoms with Crippen LogP contribution >= 0.6 is 0 Å². The largest absolute Gasteiger partial charge is 0.396 e. The fourth-order valence-corrected chi connectivity index (χ4v) is 6.86. The van der Waals surface area contributed by atoms with Gasteiger partial charge >= 0.3 is 0 Å². The van der Waals surface area contributed by atoms with Crippen LogP contribution in [0, 0.1) is 28.6 Å². The Labute approximate surface area is 186 Å². The average molecular weight is 427 g/mol. The van der Waals surface area contributed by atoms with Gasteiger partial charge in [0.05, 0.1) is 11.7 Å². The number of rotatable bonds is 5. The number of aliphatic hydroxyl groups excluding tert-OH is 2.